The number of rotatable bonds is 3. The summed E-state index contributed by atoms with van der Waals surface area (Å²) in [5.41, 5.74) is 6.75. The molecule has 0 radical (unpaired) electrons. The van der Waals surface area contributed by atoms with Crippen LogP contribution < -0.4 is 0 Å². The van der Waals surface area contributed by atoms with E-state index in [-0.39, 0.29) is 18.0 Å². The normalized spacial score (nSPS) is 10.8. The molecule has 0 saturated heterocycles. The molecule has 0 aromatic heterocycles. The summed E-state index contributed by atoms with van der Waals surface area (Å²) in [6, 6.07) is 6.47. The molecule has 0 aliphatic carbocycles. The topological polar surface area (TPSA) is 17.1 Å². The lowest BCUT2D eigenvalue weighted by Crippen LogP contribution is -2.12. The van der Waals surface area contributed by atoms with E-state index in [4.69, 9.17) is 0 Å². The number of ketones is 1. The van der Waals surface area contributed by atoms with Gasteiger partial charge < -0.3 is 0 Å². The number of hydrogen-bond donors (Lipinski definition) is 0. The van der Waals surface area contributed by atoms with E-state index in [0.29, 0.717) is 5.56 Å². The van der Waals surface area contributed by atoms with Crippen LogP contribution in [0.1, 0.15) is 43.7 Å². The standard InChI is InChI=1S/C19H21FO/c1-11-12(2)14(4)19(15(5)13(11)3)18(21)10-16-8-6-7-9-17(16)20/h6-9H,10H2,1-5H3. The second kappa shape index (κ2) is 5.80. The van der Waals surface area contributed by atoms with Gasteiger partial charge in [0.05, 0.1) is 0 Å². The zero-order chi connectivity index (χ0) is 15.7. The van der Waals surface area contributed by atoms with Crippen LogP contribution in [0.3, 0.4) is 0 Å². The molecule has 0 N–H and O–H groups in total. The Labute approximate surface area is 125 Å². The number of halogens is 1. The van der Waals surface area contributed by atoms with Crippen LogP contribution in [0.15, 0.2) is 24.3 Å². The van der Waals surface area contributed by atoms with Crippen molar-refractivity contribution in [2.75, 3.05) is 0 Å². The van der Waals surface area contributed by atoms with Gasteiger partial charge in [-0.2, -0.15) is 0 Å². The molecule has 0 heterocycles. The van der Waals surface area contributed by atoms with Crippen LogP contribution in [0.2, 0.25) is 0 Å². The SMILES string of the molecule is Cc1c(C)c(C)c(C(=O)Cc2ccccc2F)c(C)c1C. The molecule has 0 unspecified atom stereocenters. The van der Waals surface area contributed by atoms with E-state index >= 15 is 0 Å². The molecule has 0 fully saturated rings. The zero-order valence-corrected chi connectivity index (χ0v) is 13.3. The first-order chi connectivity index (χ1) is 9.84. The third-order valence-corrected chi connectivity index (χ3v) is 4.59. The van der Waals surface area contributed by atoms with Gasteiger partial charge in [0.15, 0.2) is 5.78 Å². The van der Waals surface area contributed by atoms with Crippen LogP contribution in [0.4, 0.5) is 4.39 Å². The summed E-state index contributed by atoms with van der Waals surface area (Å²) in [4.78, 5) is 12.7. The highest BCUT2D eigenvalue weighted by Gasteiger charge is 2.19. The summed E-state index contributed by atoms with van der Waals surface area (Å²) in [5, 5.41) is 0. The molecule has 0 saturated carbocycles. The zero-order valence-electron chi connectivity index (χ0n) is 13.3. The van der Waals surface area contributed by atoms with Crippen LogP contribution in [0.5, 0.6) is 0 Å². The minimum atomic E-state index is -0.318. The Morgan fingerprint density at radius 2 is 1.33 bits per heavy atom. The molecule has 2 aromatic carbocycles. The Hall–Kier alpha value is -1.96. The molecular weight excluding hydrogens is 263 g/mol. The fourth-order valence-corrected chi connectivity index (χ4v) is 2.82. The summed E-state index contributed by atoms with van der Waals surface area (Å²) in [5.74, 6) is -0.331. The van der Waals surface area contributed by atoms with E-state index in [0.717, 1.165) is 27.8 Å². The van der Waals surface area contributed by atoms with Crippen molar-refractivity contribution in [3.8, 4) is 0 Å². The van der Waals surface area contributed by atoms with Gasteiger partial charge in [-0.05, 0) is 74.1 Å². The molecule has 110 valence electrons. The molecule has 2 aromatic rings. The summed E-state index contributed by atoms with van der Waals surface area (Å²) < 4.78 is 13.7. The minimum absolute atomic E-state index is 0.0127. The predicted octanol–water partition coefficient (Wildman–Crippen LogP) is 4.79. The largest absolute Gasteiger partial charge is 0.294 e. The van der Waals surface area contributed by atoms with Crippen molar-refractivity contribution in [1.82, 2.24) is 0 Å². The van der Waals surface area contributed by atoms with Gasteiger partial charge in [-0.3, -0.25) is 4.79 Å². The number of carbonyl (C=O) groups excluding carboxylic acids is 1. The maximum absolute atomic E-state index is 13.7. The van der Waals surface area contributed by atoms with Gasteiger partial charge >= 0.3 is 0 Å². The van der Waals surface area contributed by atoms with E-state index in [1.807, 2.05) is 27.7 Å². The van der Waals surface area contributed by atoms with Gasteiger partial charge in [-0.25, -0.2) is 4.39 Å². The summed E-state index contributed by atoms with van der Waals surface area (Å²) in [7, 11) is 0. The maximum atomic E-state index is 13.7. The first kappa shape index (κ1) is 15.4. The van der Waals surface area contributed by atoms with Crippen molar-refractivity contribution >= 4 is 5.78 Å². The average molecular weight is 284 g/mol. The molecule has 21 heavy (non-hydrogen) atoms. The minimum Gasteiger partial charge on any atom is -0.294 e. The first-order valence-electron chi connectivity index (χ1n) is 7.18. The van der Waals surface area contributed by atoms with E-state index in [9.17, 15) is 9.18 Å². The molecule has 2 heteroatoms. The Morgan fingerprint density at radius 1 is 0.857 bits per heavy atom. The van der Waals surface area contributed by atoms with Gasteiger partial charge in [-0.1, -0.05) is 18.2 Å². The molecule has 0 aliphatic heterocycles. The molecule has 0 aliphatic rings. The van der Waals surface area contributed by atoms with Crippen LogP contribution >= 0.6 is 0 Å². The number of benzene rings is 2. The van der Waals surface area contributed by atoms with Crippen molar-refractivity contribution < 1.29 is 9.18 Å². The quantitative estimate of drug-likeness (QED) is 0.740. The molecule has 0 bridgehead atoms. The first-order valence-corrected chi connectivity index (χ1v) is 7.18. The van der Waals surface area contributed by atoms with Crippen LogP contribution in [-0.2, 0) is 6.42 Å². The molecular formula is C19H21FO. The summed E-state index contributed by atoms with van der Waals surface area (Å²) >= 11 is 0. The second-order valence-electron chi connectivity index (χ2n) is 5.69. The smallest absolute Gasteiger partial charge is 0.167 e. The van der Waals surface area contributed by atoms with Gasteiger partial charge in [-0.15, -0.1) is 0 Å². The van der Waals surface area contributed by atoms with Crippen LogP contribution in [0, 0.1) is 40.4 Å². The summed E-state index contributed by atoms with van der Waals surface area (Å²) in [6.45, 7) is 10.1. The van der Waals surface area contributed by atoms with E-state index in [1.165, 1.54) is 11.6 Å². The van der Waals surface area contributed by atoms with Crippen molar-refractivity contribution in [3.63, 3.8) is 0 Å². The summed E-state index contributed by atoms with van der Waals surface area (Å²) in [6.07, 6.45) is 0.107. The number of carbonyl (C=O) groups is 1. The van der Waals surface area contributed by atoms with Crippen LogP contribution in [-0.4, -0.2) is 5.78 Å². The third-order valence-electron chi connectivity index (χ3n) is 4.59. The second-order valence-corrected chi connectivity index (χ2v) is 5.69. The van der Waals surface area contributed by atoms with Crippen molar-refractivity contribution in [2.24, 2.45) is 0 Å². The van der Waals surface area contributed by atoms with Gasteiger partial charge in [0, 0.05) is 12.0 Å². The van der Waals surface area contributed by atoms with Crippen LogP contribution in [0.25, 0.3) is 0 Å². The molecule has 1 nitrogen and oxygen atoms in total. The monoisotopic (exact) mass is 284 g/mol. The molecule has 0 atom stereocenters. The predicted molar refractivity (Wildman–Crippen MR) is 84.6 cm³/mol. The van der Waals surface area contributed by atoms with E-state index in [1.54, 1.807) is 18.2 Å². The lowest BCUT2D eigenvalue weighted by Gasteiger charge is -2.18. The highest BCUT2D eigenvalue weighted by molar-refractivity contribution is 6.01. The fraction of sp³-hybridized carbons (Fsp3) is 0.316. The van der Waals surface area contributed by atoms with Gasteiger partial charge in [0.1, 0.15) is 5.82 Å². The van der Waals surface area contributed by atoms with Crippen molar-refractivity contribution in [2.45, 2.75) is 41.0 Å². The van der Waals surface area contributed by atoms with E-state index < -0.39 is 0 Å². The van der Waals surface area contributed by atoms with Crippen molar-refractivity contribution in [3.05, 3.63) is 69.0 Å². The number of Topliss-reactive ketones (excluding diaryl/α,β-unsaturated/α-hetero) is 1. The lowest BCUT2D eigenvalue weighted by molar-refractivity contribution is 0.0990. The molecule has 2 rings (SSSR count). The van der Waals surface area contributed by atoms with Gasteiger partial charge in [0.2, 0.25) is 0 Å². The fourth-order valence-electron chi connectivity index (χ4n) is 2.82. The average Bonchev–Trinajstić information content (AvgIpc) is 2.46. The van der Waals surface area contributed by atoms with Gasteiger partial charge in [0.25, 0.3) is 0 Å². The molecule has 0 spiro atoms. The lowest BCUT2D eigenvalue weighted by atomic mass is 9.86. The third kappa shape index (κ3) is 2.76. The van der Waals surface area contributed by atoms with E-state index in [2.05, 4.69) is 6.92 Å². The Kier molecular flexibility index (Phi) is 4.26. The Balaban J connectivity index is 2.48. The highest BCUT2D eigenvalue weighted by Crippen LogP contribution is 2.27. The Bertz CT molecular complexity index is 685. The van der Waals surface area contributed by atoms with Crippen molar-refractivity contribution in [1.29, 1.82) is 0 Å². The number of hydrogen-bond acceptors (Lipinski definition) is 1. The maximum Gasteiger partial charge on any atom is 0.167 e. The highest BCUT2D eigenvalue weighted by atomic mass is 19.1. The molecule has 0 amide bonds. The Morgan fingerprint density at radius 3 is 1.86 bits per heavy atom.